The number of ether oxygens (including phenoxy) is 1. The Morgan fingerprint density at radius 3 is 2.55 bits per heavy atom. The molecule has 6 nitrogen and oxygen atoms in total. The Morgan fingerprint density at radius 2 is 1.77 bits per heavy atom. The second-order valence-electron chi connectivity index (χ2n) is 8.19. The van der Waals surface area contributed by atoms with Gasteiger partial charge in [0.05, 0.1) is 19.2 Å². The van der Waals surface area contributed by atoms with Crippen molar-refractivity contribution in [2.75, 3.05) is 26.2 Å². The number of hydrogen-bond donors (Lipinski definition) is 2. The van der Waals surface area contributed by atoms with E-state index in [-0.39, 0.29) is 29.6 Å². The maximum atomic E-state index is 13.0. The molecule has 0 aromatic heterocycles. The number of piperidine rings is 1. The lowest BCUT2D eigenvalue weighted by Crippen LogP contribution is -2.45. The van der Waals surface area contributed by atoms with Crippen LogP contribution in [0.1, 0.15) is 36.4 Å². The molecule has 164 valence electrons. The van der Waals surface area contributed by atoms with Crippen LogP contribution in [-0.4, -0.2) is 43.0 Å². The summed E-state index contributed by atoms with van der Waals surface area (Å²) in [4.78, 5) is 27.1. The van der Waals surface area contributed by atoms with Crippen LogP contribution in [0.5, 0.6) is 5.75 Å². The van der Waals surface area contributed by atoms with Crippen LogP contribution >= 0.6 is 0 Å². The first kappa shape index (κ1) is 21.3. The molecule has 2 amide bonds. The Hall–Kier alpha value is -2.93. The lowest BCUT2D eigenvalue weighted by Gasteiger charge is -2.32. The third-order valence-electron chi connectivity index (χ3n) is 6.00. The molecule has 2 aliphatic rings. The number of nitrogens with zero attached hydrogens (tertiary/aromatic N) is 1. The van der Waals surface area contributed by atoms with Gasteiger partial charge in [0.15, 0.2) is 0 Å². The van der Waals surface area contributed by atoms with Crippen molar-refractivity contribution >= 4 is 11.8 Å². The summed E-state index contributed by atoms with van der Waals surface area (Å²) in [5.74, 6) is 0.523. The molecule has 31 heavy (non-hydrogen) atoms. The van der Waals surface area contributed by atoms with E-state index in [1.165, 1.54) is 12.1 Å². The monoisotopic (exact) mass is 425 g/mol. The third kappa shape index (κ3) is 5.61. The van der Waals surface area contributed by atoms with E-state index < -0.39 is 0 Å². The first-order valence-corrected chi connectivity index (χ1v) is 10.8. The minimum absolute atomic E-state index is 0.000847. The molecule has 7 heteroatoms. The fourth-order valence-electron chi connectivity index (χ4n) is 4.22. The molecule has 0 aliphatic carbocycles. The molecule has 1 atom stereocenters. The van der Waals surface area contributed by atoms with Crippen LogP contribution in [0.2, 0.25) is 0 Å². The van der Waals surface area contributed by atoms with Gasteiger partial charge in [0.2, 0.25) is 11.8 Å². The summed E-state index contributed by atoms with van der Waals surface area (Å²) in [5.41, 5.74) is 1.90. The maximum Gasteiger partial charge on any atom is 0.234 e. The Balaban J connectivity index is 1.20. The second kappa shape index (κ2) is 9.92. The van der Waals surface area contributed by atoms with Crippen LogP contribution in [0.25, 0.3) is 0 Å². The molecule has 2 N–H and O–H groups in total. The number of para-hydroxylation sites is 1. The molecular formula is C24H28FN3O3. The van der Waals surface area contributed by atoms with E-state index in [4.69, 9.17) is 4.74 Å². The summed E-state index contributed by atoms with van der Waals surface area (Å²) in [6.07, 6.45) is 2.21. The van der Waals surface area contributed by atoms with Crippen molar-refractivity contribution in [1.29, 1.82) is 0 Å². The summed E-state index contributed by atoms with van der Waals surface area (Å²) in [7, 11) is 0. The molecular weight excluding hydrogens is 397 g/mol. The lowest BCUT2D eigenvalue weighted by molar-refractivity contribution is -0.127. The highest BCUT2D eigenvalue weighted by Crippen LogP contribution is 2.31. The number of carbonyl (C=O) groups excluding carboxylic acids is 2. The van der Waals surface area contributed by atoms with Crippen LogP contribution in [0, 0.1) is 11.7 Å². The molecule has 1 fully saturated rings. The number of benzene rings is 2. The van der Waals surface area contributed by atoms with E-state index >= 15 is 0 Å². The van der Waals surface area contributed by atoms with Crippen LogP contribution in [0.3, 0.4) is 0 Å². The largest absolute Gasteiger partial charge is 0.493 e. The van der Waals surface area contributed by atoms with E-state index in [1.807, 2.05) is 24.3 Å². The Morgan fingerprint density at radius 1 is 1.03 bits per heavy atom. The minimum Gasteiger partial charge on any atom is -0.493 e. The number of amides is 2. The van der Waals surface area contributed by atoms with Crippen LogP contribution in [-0.2, 0) is 16.1 Å². The molecule has 4 rings (SSSR count). The van der Waals surface area contributed by atoms with E-state index in [0.717, 1.165) is 36.1 Å². The molecule has 2 aromatic carbocycles. The number of hydrogen-bond acceptors (Lipinski definition) is 4. The number of likely N-dealkylation sites (tertiary alicyclic amines) is 1. The van der Waals surface area contributed by atoms with Gasteiger partial charge in [-0.3, -0.25) is 14.5 Å². The van der Waals surface area contributed by atoms with Crippen molar-refractivity contribution in [1.82, 2.24) is 15.5 Å². The van der Waals surface area contributed by atoms with Crippen molar-refractivity contribution in [2.45, 2.75) is 31.8 Å². The number of rotatable bonds is 6. The Kier molecular flexibility index (Phi) is 6.82. The van der Waals surface area contributed by atoms with E-state index in [9.17, 15) is 14.0 Å². The van der Waals surface area contributed by atoms with Gasteiger partial charge < -0.3 is 15.4 Å². The predicted molar refractivity (Wildman–Crippen MR) is 115 cm³/mol. The van der Waals surface area contributed by atoms with Crippen molar-refractivity contribution in [2.24, 2.45) is 5.92 Å². The van der Waals surface area contributed by atoms with Crippen LogP contribution in [0.4, 0.5) is 4.39 Å². The normalized spacial score (nSPS) is 19.2. The first-order valence-electron chi connectivity index (χ1n) is 10.8. The highest BCUT2D eigenvalue weighted by molar-refractivity contribution is 5.79. The SMILES string of the molecule is O=C(CN1CCC(C(=O)NCc2ccc(F)cc2)CC1)NC1CCOc2ccccc21. The van der Waals surface area contributed by atoms with Gasteiger partial charge in [-0.25, -0.2) is 4.39 Å². The summed E-state index contributed by atoms with van der Waals surface area (Å²) in [6.45, 7) is 2.76. The average Bonchev–Trinajstić information content (AvgIpc) is 2.79. The zero-order chi connectivity index (χ0) is 21.6. The molecule has 2 aromatic rings. The molecule has 0 saturated carbocycles. The summed E-state index contributed by atoms with van der Waals surface area (Å²) < 4.78 is 18.6. The van der Waals surface area contributed by atoms with Gasteiger partial charge in [0.1, 0.15) is 11.6 Å². The van der Waals surface area contributed by atoms with Crippen molar-refractivity contribution in [3.63, 3.8) is 0 Å². The van der Waals surface area contributed by atoms with Gasteiger partial charge in [0, 0.05) is 24.4 Å². The van der Waals surface area contributed by atoms with E-state index in [0.29, 0.717) is 32.8 Å². The predicted octanol–water partition coefficient (Wildman–Crippen LogP) is 2.79. The van der Waals surface area contributed by atoms with Crippen molar-refractivity contribution in [3.8, 4) is 5.75 Å². The van der Waals surface area contributed by atoms with Gasteiger partial charge in [0.25, 0.3) is 0 Å². The fourth-order valence-corrected chi connectivity index (χ4v) is 4.22. The van der Waals surface area contributed by atoms with Gasteiger partial charge in [-0.05, 0) is 49.7 Å². The molecule has 1 saturated heterocycles. The van der Waals surface area contributed by atoms with Crippen molar-refractivity contribution in [3.05, 3.63) is 65.5 Å². The zero-order valence-electron chi connectivity index (χ0n) is 17.5. The standard InChI is InChI=1S/C24H28FN3O3/c25-19-7-5-17(6-8-19)15-26-24(30)18-9-12-28(13-10-18)16-23(29)27-21-11-14-31-22-4-2-1-3-20(21)22/h1-8,18,21H,9-16H2,(H,26,30)(H,27,29). The topological polar surface area (TPSA) is 70.7 Å². The van der Waals surface area contributed by atoms with Crippen LogP contribution in [0.15, 0.2) is 48.5 Å². The quantitative estimate of drug-likeness (QED) is 0.747. The minimum atomic E-state index is -0.285. The Labute approximate surface area is 181 Å². The molecule has 0 radical (unpaired) electrons. The molecule has 0 bridgehead atoms. The molecule has 2 aliphatic heterocycles. The first-order chi connectivity index (χ1) is 15.1. The number of carbonyl (C=O) groups is 2. The highest BCUT2D eigenvalue weighted by atomic mass is 19.1. The number of halogens is 1. The number of fused-ring (bicyclic) bond motifs is 1. The lowest BCUT2D eigenvalue weighted by atomic mass is 9.95. The van der Waals surface area contributed by atoms with Gasteiger partial charge in [-0.15, -0.1) is 0 Å². The summed E-state index contributed by atoms with van der Waals surface area (Å²) in [5, 5.41) is 6.07. The van der Waals surface area contributed by atoms with Gasteiger partial charge in [-0.1, -0.05) is 30.3 Å². The smallest absolute Gasteiger partial charge is 0.234 e. The summed E-state index contributed by atoms with van der Waals surface area (Å²) in [6, 6.07) is 13.9. The molecule has 2 heterocycles. The van der Waals surface area contributed by atoms with Gasteiger partial charge in [-0.2, -0.15) is 0 Å². The average molecular weight is 426 g/mol. The summed E-state index contributed by atoms with van der Waals surface area (Å²) >= 11 is 0. The second-order valence-corrected chi connectivity index (χ2v) is 8.19. The van der Waals surface area contributed by atoms with E-state index in [1.54, 1.807) is 12.1 Å². The van der Waals surface area contributed by atoms with Gasteiger partial charge >= 0.3 is 0 Å². The molecule has 1 unspecified atom stereocenters. The van der Waals surface area contributed by atoms with Crippen molar-refractivity contribution < 1.29 is 18.7 Å². The van der Waals surface area contributed by atoms with E-state index in [2.05, 4.69) is 15.5 Å². The maximum absolute atomic E-state index is 13.0. The third-order valence-corrected chi connectivity index (χ3v) is 6.00. The highest BCUT2D eigenvalue weighted by Gasteiger charge is 2.27. The number of nitrogens with one attached hydrogen (secondary N) is 2. The van der Waals surface area contributed by atoms with Crippen LogP contribution < -0.4 is 15.4 Å². The fraction of sp³-hybridized carbons (Fsp3) is 0.417. The molecule has 0 spiro atoms. The zero-order valence-corrected chi connectivity index (χ0v) is 17.5. The Bertz CT molecular complexity index is 911.